The largest absolute Gasteiger partial charge is 0.369 e. The number of imidazole rings is 1. The van der Waals surface area contributed by atoms with Gasteiger partial charge in [-0.2, -0.15) is 0 Å². The number of fused-ring (bicyclic) bond motifs is 1. The molecule has 27 heavy (non-hydrogen) atoms. The molecule has 0 aliphatic carbocycles. The fourth-order valence-corrected chi connectivity index (χ4v) is 3.24. The normalized spacial score (nSPS) is 11.0. The maximum absolute atomic E-state index is 6.30. The number of nitrogens with one attached hydrogen (secondary N) is 1. The van der Waals surface area contributed by atoms with E-state index in [1.807, 2.05) is 61.1 Å². The second-order valence-electron chi connectivity index (χ2n) is 6.35. The lowest BCUT2D eigenvalue weighted by atomic mass is 10.1. The standard InChI is InChI=1S/C21H20ClN5/c22-18-8-3-1-6-16(18)14-20-25-19-9-4-2-7-17(19)21(26-20)24-10-5-12-27-13-11-23-15-27/h1-4,6-9,11,13,15H,5,10,12,14H2,(H,24,25,26). The van der Waals surface area contributed by atoms with Crippen LogP contribution in [0.5, 0.6) is 0 Å². The molecule has 2 heterocycles. The fourth-order valence-electron chi connectivity index (χ4n) is 3.04. The third kappa shape index (κ3) is 4.26. The van der Waals surface area contributed by atoms with Crippen LogP contribution in [0.4, 0.5) is 5.82 Å². The molecular weight excluding hydrogens is 358 g/mol. The molecule has 0 saturated heterocycles. The van der Waals surface area contributed by atoms with Gasteiger partial charge in [-0.1, -0.05) is 41.9 Å². The summed E-state index contributed by atoms with van der Waals surface area (Å²) in [6, 6.07) is 15.9. The molecule has 1 N–H and O–H groups in total. The third-order valence-corrected chi connectivity index (χ3v) is 4.77. The first-order chi connectivity index (χ1) is 13.3. The van der Waals surface area contributed by atoms with Crippen molar-refractivity contribution in [3.63, 3.8) is 0 Å². The van der Waals surface area contributed by atoms with Crippen molar-refractivity contribution in [1.29, 1.82) is 0 Å². The van der Waals surface area contributed by atoms with E-state index >= 15 is 0 Å². The van der Waals surface area contributed by atoms with Crippen LogP contribution in [0, 0.1) is 0 Å². The monoisotopic (exact) mass is 377 g/mol. The first-order valence-electron chi connectivity index (χ1n) is 8.98. The van der Waals surface area contributed by atoms with Gasteiger partial charge in [-0.25, -0.2) is 15.0 Å². The number of benzene rings is 2. The summed E-state index contributed by atoms with van der Waals surface area (Å²) in [6.07, 6.45) is 7.19. The lowest BCUT2D eigenvalue weighted by Gasteiger charge is -2.11. The van der Waals surface area contributed by atoms with E-state index in [0.29, 0.717) is 6.42 Å². The summed E-state index contributed by atoms with van der Waals surface area (Å²) in [4.78, 5) is 13.6. The lowest BCUT2D eigenvalue weighted by molar-refractivity contribution is 0.660. The first-order valence-corrected chi connectivity index (χ1v) is 9.36. The van der Waals surface area contributed by atoms with Gasteiger partial charge in [-0.15, -0.1) is 0 Å². The van der Waals surface area contributed by atoms with Gasteiger partial charge in [-0.3, -0.25) is 0 Å². The van der Waals surface area contributed by atoms with Crippen LogP contribution in [0.3, 0.4) is 0 Å². The molecule has 0 atom stereocenters. The van der Waals surface area contributed by atoms with Crippen molar-refractivity contribution in [3.05, 3.63) is 83.7 Å². The quantitative estimate of drug-likeness (QED) is 0.479. The topological polar surface area (TPSA) is 55.6 Å². The molecule has 0 saturated carbocycles. The highest BCUT2D eigenvalue weighted by atomic mass is 35.5. The highest BCUT2D eigenvalue weighted by Gasteiger charge is 2.09. The Balaban J connectivity index is 1.54. The first kappa shape index (κ1) is 17.5. The summed E-state index contributed by atoms with van der Waals surface area (Å²) >= 11 is 6.30. The van der Waals surface area contributed by atoms with Crippen LogP contribution < -0.4 is 5.32 Å². The molecule has 5 nitrogen and oxygen atoms in total. The number of hydrogen-bond donors (Lipinski definition) is 1. The van der Waals surface area contributed by atoms with Crippen LogP contribution in [-0.4, -0.2) is 26.1 Å². The van der Waals surface area contributed by atoms with E-state index in [9.17, 15) is 0 Å². The van der Waals surface area contributed by atoms with Crippen molar-refractivity contribution in [1.82, 2.24) is 19.5 Å². The Morgan fingerprint density at radius 2 is 1.85 bits per heavy atom. The summed E-state index contributed by atoms with van der Waals surface area (Å²) in [5.74, 6) is 1.63. The van der Waals surface area contributed by atoms with Gasteiger partial charge in [0.15, 0.2) is 0 Å². The molecule has 0 radical (unpaired) electrons. The van der Waals surface area contributed by atoms with Gasteiger partial charge < -0.3 is 9.88 Å². The summed E-state index contributed by atoms with van der Waals surface area (Å²) < 4.78 is 2.07. The van der Waals surface area contributed by atoms with Crippen molar-refractivity contribution in [2.24, 2.45) is 0 Å². The van der Waals surface area contributed by atoms with Gasteiger partial charge in [0.25, 0.3) is 0 Å². The van der Waals surface area contributed by atoms with E-state index in [-0.39, 0.29) is 0 Å². The second-order valence-corrected chi connectivity index (χ2v) is 6.76. The number of hydrogen-bond acceptors (Lipinski definition) is 4. The molecule has 6 heteroatoms. The maximum atomic E-state index is 6.30. The molecule has 0 bridgehead atoms. The molecule has 0 amide bonds. The Labute approximate surface area is 163 Å². The fraction of sp³-hybridized carbons (Fsp3) is 0.190. The Hall–Kier alpha value is -2.92. The van der Waals surface area contributed by atoms with Crippen molar-refractivity contribution < 1.29 is 0 Å². The van der Waals surface area contributed by atoms with E-state index in [1.165, 1.54) is 0 Å². The zero-order chi connectivity index (χ0) is 18.5. The Kier molecular flexibility index (Phi) is 5.30. The molecule has 0 fully saturated rings. The summed E-state index contributed by atoms with van der Waals surface area (Å²) in [7, 11) is 0. The number of aromatic nitrogens is 4. The minimum atomic E-state index is 0.605. The molecule has 2 aromatic carbocycles. The smallest absolute Gasteiger partial charge is 0.137 e. The van der Waals surface area contributed by atoms with Crippen LogP contribution >= 0.6 is 11.6 Å². The van der Waals surface area contributed by atoms with E-state index in [4.69, 9.17) is 21.6 Å². The molecule has 136 valence electrons. The van der Waals surface area contributed by atoms with Crippen LogP contribution in [0.15, 0.2) is 67.3 Å². The molecule has 4 rings (SSSR count). The lowest BCUT2D eigenvalue weighted by Crippen LogP contribution is -2.09. The zero-order valence-corrected chi connectivity index (χ0v) is 15.6. The van der Waals surface area contributed by atoms with E-state index in [2.05, 4.69) is 14.9 Å². The molecule has 0 unspecified atom stereocenters. The maximum Gasteiger partial charge on any atom is 0.137 e. The van der Waals surface area contributed by atoms with E-state index in [0.717, 1.165) is 52.6 Å². The van der Waals surface area contributed by atoms with Crippen LogP contribution in [0.1, 0.15) is 17.8 Å². The van der Waals surface area contributed by atoms with Gasteiger partial charge in [-0.05, 0) is 30.2 Å². The molecule has 0 aliphatic rings. The average Bonchev–Trinajstić information content (AvgIpc) is 3.20. The summed E-state index contributed by atoms with van der Waals surface area (Å²) in [5.41, 5.74) is 1.96. The van der Waals surface area contributed by atoms with Gasteiger partial charge in [0.05, 0.1) is 11.8 Å². The molecule has 0 spiro atoms. The van der Waals surface area contributed by atoms with Gasteiger partial charge in [0.1, 0.15) is 11.6 Å². The summed E-state index contributed by atoms with van der Waals surface area (Å²) in [5, 5.41) is 5.24. The summed E-state index contributed by atoms with van der Waals surface area (Å²) in [6.45, 7) is 1.74. The van der Waals surface area contributed by atoms with E-state index in [1.54, 1.807) is 6.20 Å². The number of aryl methyl sites for hydroxylation is 1. The highest BCUT2D eigenvalue weighted by Crippen LogP contribution is 2.23. The highest BCUT2D eigenvalue weighted by molar-refractivity contribution is 6.31. The Morgan fingerprint density at radius 3 is 2.70 bits per heavy atom. The zero-order valence-electron chi connectivity index (χ0n) is 14.8. The van der Waals surface area contributed by atoms with Crippen molar-refractivity contribution in [2.45, 2.75) is 19.4 Å². The van der Waals surface area contributed by atoms with Crippen LogP contribution in [-0.2, 0) is 13.0 Å². The van der Waals surface area contributed by atoms with Crippen LogP contribution in [0.2, 0.25) is 5.02 Å². The SMILES string of the molecule is Clc1ccccc1Cc1nc(NCCCn2ccnc2)c2ccccc2n1. The molecular formula is C21H20ClN5. The Bertz CT molecular complexity index is 1030. The van der Waals surface area contributed by atoms with E-state index < -0.39 is 0 Å². The number of halogens is 1. The average molecular weight is 378 g/mol. The minimum absolute atomic E-state index is 0.605. The number of para-hydroxylation sites is 1. The predicted molar refractivity (Wildman–Crippen MR) is 109 cm³/mol. The van der Waals surface area contributed by atoms with Crippen molar-refractivity contribution in [3.8, 4) is 0 Å². The van der Waals surface area contributed by atoms with Gasteiger partial charge in [0.2, 0.25) is 0 Å². The molecule has 0 aliphatic heterocycles. The number of anilines is 1. The van der Waals surface area contributed by atoms with Crippen molar-refractivity contribution >= 4 is 28.3 Å². The van der Waals surface area contributed by atoms with Crippen molar-refractivity contribution in [2.75, 3.05) is 11.9 Å². The van der Waals surface area contributed by atoms with Gasteiger partial charge >= 0.3 is 0 Å². The predicted octanol–water partition coefficient (Wildman–Crippen LogP) is 4.57. The third-order valence-electron chi connectivity index (χ3n) is 4.40. The second kappa shape index (κ2) is 8.18. The van der Waals surface area contributed by atoms with Crippen LogP contribution in [0.25, 0.3) is 10.9 Å². The molecule has 2 aromatic heterocycles. The number of nitrogens with zero attached hydrogens (tertiary/aromatic N) is 4. The molecule has 4 aromatic rings. The Morgan fingerprint density at radius 1 is 1.00 bits per heavy atom. The minimum Gasteiger partial charge on any atom is -0.369 e. The van der Waals surface area contributed by atoms with Gasteiger partial charge in [0, 0.05) is 42.3 Å². The number of rotatable bonds is 7.